The van der Waals surface area contributed by atoms with Gasteiger partial charge in [0.1, 0.15) is 11.3 Å². The molecule has 0 bridgehead atoms. The molecular formula is C25H20O. The van der Waals surface area contributed by atoms with Crippen molar-refractivity contribution in [2.75, 3.05) is 0 Å². The number of para-hydroxylation sites is 1. The number of hydrogen-bond acceptors (Lipinski definition) is 1. The number of hydrogen-bond donors (Lipinski definition) is 0. The molecule has 0 aliphatic rings. The minimum Gasteiger partial charge on any atom is -0.455 e. The van der Waals surface area contributed by atoms with Gasteiger partial charge in [0, 0.05) is 16.5 Å². The molecule has 1 aromatic heterocycles. The Bertz CT molecular complexity index is 1100. The van der Waals surface area contributed by atoms with Crippen LogP contribution in [-0.4, -0.2) is 0 Å². The summed E-state index contributed by atoms with van der Waals surface area (Å²) in [6, 6.07) is 25.1. The molecule has 0 aliphatic heterocycles. The van der Waals surface area contributed by atoms with Crippen LogP contribution in [0.4, 0.5) is 0 Å². The maximum absolute atomic E-state index is 6.18. The highest BCUT2D eigenvalue weighted by Crippen LogP contribution is 2.35. The van der Waals surface area contributed by atoms with Gasteiger partial charge in [-0.2, -0.15) is 0 Å². The molecule has 0 spiro atoms. The highest BCUT2D eigenvalue weighted by atomic mass is 16.3. The Balaban J connectivity index is 1.86. The smallest absolute Gasteiger partial charge is 0.143 e. The van der Waals surface area contributed by atoms with E-state index < -0.39 is 0 Å². The van der Waals surface area contributed by atoms with E-state index >= 15 is 0 Å². The molecule has 0 aliphatic carbocycles. The van der Waals surface area contributed by atoms with Crippen LogP contribution in [0.2, 0.25) is 0 Å². The fourth-order valence-corrected chi connectivity index (χ4v) is 3.28. The van der Waals surface area contributed by atoms with Crippen LogP contribution in [0.1, 0.15) is 22.5 Å². The molecule has 0 fully saturated rings. The van der Waals surface area contributed by atoms with Gasteiger partial charge in [0.15, 0.2) is 0 Å². The molecule has 0 atom stereocenters. The van der Waals surface area contributed by atoms with Gasteiger partial charge < -0.3 is 4.42 Å². The lowest BCUT2D eigenvalue weighted by atomic mass is 10.0. The number of furan rings is 1. The monoisotopic (exact) mass is 336 g/mol. The fourth-order valence-electron chi connectivity index (χ4n) is 3.28. The molecule has 0 amide bonds. The van der Waals surface area contributed by atoms with Crippen LogP contribution in [-0.2, 0) is 0 Å². The fraction of sp³-hybridized carbons (Fsp3) is 0.0400. The van der Waals surface area contributed by atoms with E-state index in [-0.39, 0.29) is 0 Å². The van der Waals surface area contributed by atoms with Gasteiger partial charge in [-0.3, -0.25) is 0 Å². The summed E-state index contributed by atoms with van der Waals surface area (Å²) in [6.07, 6.45) is 6.02. The van der Waals surface area contributed by atoms with Gasteiger partial charge in [0.25, 0.3) is 0 Å². The Morgan fingerprint density at radius 2 is 1.65 bits per heavy atom. The highest BCUT2D eigenvalue weighted by Gasteiger charge is 2.13. The van der Waals surface area contributed by atoms with E-state index in [0.29, 0.717) is 0 Å². The van der Waals surface area contributed by atoms with Crippen molar-refractivity contribution >= 4 is 29.2 Å². The zero-order chi connectivity index (χ0) is 17.9. The van der Waals surface area contributed by atoms with Gasteiger partial charge in [0.05, 0.1) is 0 Å². The molecule has 1 heteroatoms. The summed E-state index contributed by atoms with van der Waals surface area (Å²) in [6.45, 7) is 6.03. The van der Waals surface area contributed by atoms with Crippen molar-refractivity contribution in [3.8, 4) is 11.1 Å². The topological polar surface area (TPSA) is 13.1 Å². The summed E-state index contributed by atoms with van der Waals surface area (Å²) in [5.74, 6) is 0.798. The highest BCUT2D eigenvalue weighted by molar-refractivity contribution is 6.00. The van der Waals surface area contributed by atoms with E-state index in [1.807, 2.05) is 18.2 Å². The lowest BCUT2D eigenvalue weighted by Gasteiger charge is -2.02. The lowest BCUT2D eigenvalue weighted by molar-refractivity contribution is 0.604. The predicted molar refractivity (Wildman–Crippen MR) is 112 cm³/mol. The van der Waals surface area contributed by atoms with Crippen molar-refractivity contribution in [3.05, 3.63) is 102 Å². The SMILES string of the molecule is C=Cc1oc2c(-c3ccccc3)cccc2c1/C=C/c1cccc(C)c1. The van der Waals surface area contributed by atoms with E-state index in [4.69, 9.17) is 4.42 Å². The second kappa shape index (κ2) is 6.89. The molecule has 26 heavy (non-hydrogen) atoms. The average molecular weight is 336 g/mol. The second-order valence-corrected chi connectivity index (χ2v) is 6.38. The zero-order valence-corrected chi connectivity index (χ0v) is 14.8. The van der Waals surface area contributed by atoms with E-state index in [2.05, 4.69) is 80.3 Å². The van der Waals surface area contributed by atoms with E-state index in [1.165, 1.54) is 11.1 Å². The molecule has 0 radical (unpaired) electrons. The van der Waals surface area contributed by atoms with Crippen LogP contribution in [0.5, 0.6) is 0 Å². The van der Waals surface area contributed by atoms with Crippen LogP contribution < -0.4 is 0 Å². The van der Waals surface area contributed by atoms with Crippen LogP contribution in [0.3, 0.4) is 0 Å². The molecular weight excluding hydrogens is 316 g/mol. The summed E-state index contributed by atoms with van der Waals surface area (Å²) in [5, 5.41) is 1.10. The minimum atomic E-state index is 0.798. The van der Waals surface area contributed by atoms with Gasteiger partial charge in [-0.15, -0.1) is 0 Å². The Labute approximate surface area is 153 Å². The molecule has 0 saturated heterocycles. The first-order chi connectivity index (χ1) is 12.8. The quantitative estimate of drug-likeness (QED) is 0.383. The van der Waals surface area contributed by atoms with Gasteiger partial charge in [-0.05, 0) is 30.2 Å². The summed E-state index contributed by atoms with van der Waals surface area (Å²) in [4.78, 5) is 0. The summed E-state index contributed by atoms with van der Waals surface area (Å²) < 4.78 is 6.18. The van der Waals surface area contributed by atoms with Gasteiger partial charge in [-0.1, -0.05) is 91.0 Å². The Morgan fingerprint density at radius 1 is 0.846 bits per heavy atom. The normalized spacial score (nSPS) is 11.3. The maximum atomic E-state index is 6.18. The van der Waals surface area contributed by atoms with Crippen LogP contribution in [0.25, 0.3) is 40.3 Å². The lowest BCUT2D eigenvalue weighted by Crippen LogP contribution is -1.79. The van der Waals surface area contributed by atoms with E-state index in [0.717, 1.165) is 33.4 Å². The number of fused-ring (bicyclic) bond motifs is 1. The molecule has 0 saturated carbocycles. The van der Waals surface area contributed by atoms with Gasteiger partial charge in [0.2, 0.25) is 0 Å². The minimum absolute atomic E-state index is 0.798. The molecule has 126 valence electrons. The van der Waals surface area contributed by atoms with Crippen LogP contribution in [0, 0.1) is 6.92 Å². The first-order valence-electron chi connectivity index (χ1n) is 8.74. The third kappa shape index (κ3) is 3.00. The Hall–Kier alpha value is -3.32. The molecule has 0 N–H and O–H groups in total. The van der Waals surface area contributed by atoms with E-state index in [9.17, 15) is 0 Å². The zero-order valence-electron chi connectivity index (χ0n) is 14.8. The molecule has 4 aromatic rings. The predicted octanol–water partition coefficient (Wildman–Crippen LogP) is 7.22. The molecule has 0 unspecified atom stereocenters. The number of aryl methyl sites for hydroxylation is 1. The molecule has 3 aromatic carbocycles. The summed E-state index contributed by atoms with van der Waals surface area (Å²) in [5.41, 5.74) is 6.64. The Morgan fingerprint density at radius 3 is 2.42 bits per heavy atom. The average Bonchev–Trinajstić information content (AvgIpc) is 3.05. The molecule has 1 nitrogen and oxygen atoms in total. The van der Waals surface area contributed by atoms with Gasteiger partial charge in [-0.25, -0.2) is 0 Å². The van der Waals surface area contributed by atoms with Crippen molar-refractivity contribution < 1.29 is 4.42 Å². The second-order valence-electron chi connectivity index (χ2n) is 6.38. The van der Waals surface area contributed by atoms with Crippen molar-refractivity contribution in [2.24, 2.45) is 0 Å². The summed E-state index contributed by atoms with van der Waals surface area (Å²) in [7, 11) is 0. The molecule has 4 rings (SSSR count). The standard InChI is InChI=1S/C25H20O/c1-3-24-22(16-15-19-10-7-9-18(2)17-19)23-14-8-13-21(25(23)26-24)20-11-5-4-6-12-20/h3-17H,1H2,2H3/b16-15+. The van der Waals surface area contributed by atoms with Crippen LogP contribution >= 0.6 is 0 Å². The Kier molecular flexibility index (Phi) is 4.28. The first-order valence-corrected chi connectivity index (χ1v) is 8.74. The van der Waals surface area contributed by atoms with Crippen molar-refractivity contribution in [2.45, 2.75) is 6.92 Å². The first kappa shape index (κ1) is 16.2. The van der Waals surface area contributed by atoms with E-state index in [1.54, 1.807) is 6.08 Å². The third-order valence-corrected chi connectivity index (χ3v) is 4.54. The number of rotatable bonds is 4. The van der Waals surface area contributed by atoms with Crippen LogP contribution in [0.15, 0.2) is 83.8 Å². The van der Waals surface area contributed by atoms with Crippen molar-refractivity contribution in [1.29, 1.82) is 0 Å². The van der Waals surface area contributed by atoms with Crippen molar-refractivity contribution in [1.82, 2.24) is 0 Å². The maximum Gasteiger partial charge on any atom is 0.143 e. The summed E-state index contributed by atoms with van der Waals surface area (Å²) >= 11 is 0. The third-order valence-electron chi connectivity index (χ3n) is 4.54. The van der Waals surface area contributed by atoms with Gasteiger partial charge >= 0.3 is 0 Å². The largest absolute Gasteiger partial charge is 0.455 e. The molecule has 1 heterocycles. The van der Waals surface area contributed by atoms with Crippen molar-refractivity contribution in [3.63, 3.8) is 0 Å². The number of benzene rings is 3.